The lowest BCUT2D eigenvalue weighted by Gasteiger charge is -2.38. The molecule has 0 atom stereocenters. The van der Waals surface area contributed by atoms with Crippen molar-refractivity contribution in [2.24, 2.45) is 0 Å². The highest BCUT2D eigenvalue weighted by molar-refractivity contribution is 6.48. The molecule has 2 nitrogen and oxygen atoms in total. The topological polar surface area (TPSA) is 18.5 Å². The summed E-state index contributed by atoms with van der Waals surface area (Å²) in [5.74, 6) is 0. The molecule has 0 aromatic heterocycles. The lowest BCUT2D eigenvalue weighted by Crippen LogP contribution is -2.44. The quantitative estimate of drug-likeness (QED) is 0.678. The van der Waals surface area contributed by atoms with E-state index in [1.54, 1.807) is 0 Å². The maximum atomic E-state index is 8.58. The van der Waals surface area contributed by atoms with Crippen molar-refractivity contribution in [3.63, 3.8) is 0 Å². The van der Waals surface area contributed by atoms with Gasteiger partial charge in [0.25, 0.3) is 0 Å². The summed E-state index contributed by atoms with van der Waals surface area (Å²) in [6.07, 6.45) is 0. The van der Waals surface area contributed by atoms with Crippen molar-refractivity contribution in [3.05, 3.63) is 0 Å². The molecule has 0 aromatic rings. The third-order valence-electron chi connectivity index (χ3n) is 1.41. The van der Waals surface area contributed by atoms with E-state index >= 15 is 0 Å². The summed E-state index contributed by atoms with van der Waals surface area (Å²) in [6, 6.07) is 0. The average molecular weight is 233 g/mol. The smallest absolute Gasteiger partial charge is 0.327 e. The second-order valence-electron chi connectivity index (χ2n) is 6.97. The van der Waals surface area contributed by atoms with Gasteiger partial charge in [-0.2, -0.15) is 0 Å². The zero-order valence-corrected chi connectivity index (χ0v) is 12.8. The third kappa shape index (κ3) is 8.00. The van der Waals surface area contributed by atoms with Crippen LogP contribution in [0.3, 0.4) is 0 Å². The predicted molar refractivity (Wildman–Crippen MR) is 68.5 cm³/mol. The lowest BCUT2D eigenvalue weighted by atomic mass is 10.2. The summed E-state index contributed by atoms with van der Waals surface area (Å²) in [6.45, 7) is 17.9. The summed E-state index contributed by atoms with van der Waals surface area (Å²) >= 11 is 0. The summed E-state index contributed by atoms with van der Waals surface area (Å²) in [5, 5.41) is -0.270. The van der Waals surface area contributed by atoms with E-state index < -0.39 is 9.22 Å². The Bertz CT molecular complexity index is 217. The maximum Gasteiger partial charge on any atom is 0.327 e. The Hall–Kier alpha value is 0.137. The Morgan fingerprint density at radius 1 is 0.733 bits per heavy atom. The van der Waals surface area contributed by atoms with Gasteiger partial charge in [0, 0.05) is 16.2 Å². The highest BCUT2D eigenvalue weighted by Crippen LogP contribution is 2.33. The summed E-state index contributed by atoms with van der Waals surface area (Å²) in [7, 11) is -2.97. The molecule has 3 heteroatoms. The maximum absolute atomic E-state index is 8.58. The normalized spacial score (nSPS) is 16.5. The van der Waals surface area contributed by atoms with Crippen molar-refractivity contribution in [3.8, 4) is 0 Å². The molecule has 0 saturated heterocycles. The minimum Gasteiger partial charge on any atom is -0.391 e. The minimum absolute atomic E-state index is 0.270. The van der Waals surface area contributed by atoms with Crippen LogP contribution in [0.4, 0.5) is 0 Å². The number of hydrogen-bond acceptors (Lipinski definition) is 2. The van der Waals surface area contributed by atoms with Crippen LogP contribution in [0, 0.1) is 0 Å². The molecule has 0 amide bonds. The first-order chi connectivity index (χ1) is 6.66. The molecular formula is C12H28O2Si. The van der Waals surface area contributed by atoms with Crippen molar-refractivity contribution >= 4 is 9.22 Å². The molecule has 0 aliphatic heterocycles. The summed E-state index contributed by atoms with van der Waals surface area (Å²) in [5.41, 5.74) is -0.682. The monoisotopic (exact) mass is 233 g/mol. The van der Waals surface area contributed by atoms with Crippen LogP contribution in [0.1, 0.15) is 62.3 Å². The molecule has 0 aliphatic carbocycles. The van der Waals surface area contributed by atoms with Crippen molar-refractivity contribution in [2.45, 2.75) is 78.6 Å². The molecule has 0 rings (SSSR count). The van der Waals surface area contributed by atoms with E-state index in [0.29, 0.717) is 0 Å². The summed E-state index contributed by atoms with van der Waals surface area (Å²) in [4.78, 5) is 0. The van der Waals surface area contributed by atoms with Crippen LogP contribution in [0.2, 0.25) is 5.04 Å². The Labute approximate surface area is 98.4 Å². The molecule has 0 radical (unpaired) electrons. The fourth-order valence-corrected chi connectivity index (χ4v) is 2.65. The Balaban J connectivity index is 5.07. The van der Waals surface area contributed by atoms with Gasteiger partial charge in [0.05, 0.1) is 1.23 Å². The minimum atomic E-state index is -2.97. The molecule has 0 bridgehead atoms. The Morgan fingerprint density at radius 3 is 1.13 bits per heavy atom. The van der Waals surface area contributed by atoms with Gasteiger partial charge in [0.1, 0.15) is 0 Å². The first-order valence-electron chi connectivity index (χ1n) is 6.07. The van der Waals surface area contributed by atoms with E-state index in [2.05, 4.69) is 0 Å². The van der Waals surface area contributed by atoms with E-state index in [4.69, 9.17) is 10.1 Å². The van der Waals surface area contributed by atoms with Gasteiger partial charge in [0.15, 0.2) is 0 Å². The van der Waals surface area contributed by atoms with Gasteiger partial charge in [-0.15, -0.1) is 0 Å². The van der Waals surface area contributed by atoms with Gasteiger partial charge >= 0.3 is 9.22 Å². The van der Waals surface area contributed by atoms with Crippen molar-refractivity contribution in [1.82, 2.24) is 0 Å². The highest BCUT2D eigenvalue weighted by Gasteiger charge is 2.36. The van der Waals surface area contributed by atoms with Crippen molar-refractivity contribution in [1.29, 1.82) is 1.23 Å². The molecule has 0 spiro atoms. The third-order valence-corrected chi connectivity index (χ3v) is 4.23. The standard InChI is InChI=1S/C12H28O2Si/c1-10(2,3)13-15(12(7,8)9)14-11(4,5)6/h15H,1-9H3/i15D. The van der Waals surface area contributed by atoms with E-state index in [9.17, 15) is 0 Å². The lowest BCUT2D eigenvalue weighted by molar-refractivity contribution is 0.0238. The van der Waals surface area contributed by atoms with Crippen LogP contribution < -0.4 is 0 Å². The fraction of sp³-hybridized carbons (Fsp3) is 1.00. The zero-order chi connectivity index (χ0) is 13.4. The van der Waals surface area contributed by atoms with Crippen molar-refractivity contribution in [2.75, 3.05) is 0 Å². The second-order valence-corrected chi connectivity index (χ2v) is 9.45. The first-order valence-corrected chi connectivity index (χ1v) is 6.88. The molecular weight excluding hydrogens is 204 g/mol. The molecule has 0 fully saturated rings. The van der Waals surface area contributed by atoms with Crippen LogP contribution >= 0.6 is 0 Å². The molecule has 0 unspecified atom stereocenters. The van der Waals surface area contributed by atoms with E-state index in [1.807, 2.05) is 62.3 Å². The van der Waals surface area contributed by atoms with Crippen LogP contribution in [0.5, 0.6) is 0 Å². The second kappa shape index (κ2) is 4.56. The fourth-order valence-electron chi connectivity index (χ4n) is 0.883. The zero-order valence-electron chi connectivity index (χ0n) is 12.8. The van der Waals surface area contributed by atoms with Crippen LogP contribution in [0.15, 0.2) is 0 Å². The van der Waals surface area contributed by atoms with Gasteiger partial charge in [-0.05, 0) is 41.5 Å². The van der Waals surface area contributed by atoms with Gasteiger partial charge in [-0.1, -0.05) is 20.8 Å². The van der Waals surface area contributed by atoms with Crippen LogP contribution in [0.25, 0.3) is 0 Å². The average Bonchev–Trinajstić information content (AvgIpc) is 1.72. The van der Waals surface area contributed by atoms with Gasteiger partial charge in [0.2, 0.25) is 0 Å². The molecule has 15 heavy (non-hydrogen) atoms. The molecule has 0 N–H and O–H groups in total. The molecule has 0 heterocycles. The van der Waals surface area contributed by atoms with Crippen molar-refractivity contribution < 1.29 is 8.85 Å². The van der Waals surface area contributed by atoms with Crippen LogP contribution in [-0.4, -0.2) is 21.7 Å². The Morgan fingerprint density at radius 2 is 1.00 bits per heavy atom. The van der Waals surface area contributed by atoms with E-state index in [0.717, 1.165) is 0 Å². The highest BCUT2D eigenvalue weighted by atomic mass is 28.3. The van der Waals surface area contributed by atoms with Gasteiger partial charge in [-0.25, -0.2) is 0 Å². The molecule has 0 aromatic carbocycles. The summed E-state index contributed by atoms with van der Waals surface area (Å²) < 4.78 is 20.5. The largest absolute Gasteiger partial charge is 0.391 e. The van der Waals surface area contributed by atoms with E-state index in [-0.39, 0.29) is 16.2 Å². The molecule has 92 valence electrons. The molecule has 0 saturated carbocycles. The predicted octanol–water partition coefficient (Wildman–Crippen LogP) is 3.64. The SMILES string of the molecule is [2H][Si](OC(C)(C)C)(OC(C)(C)C)C(C)(C)C. The van der Waals surface area contributed by atoms with E-state index in [1.165, 1.54) is 0 Å². The first kappa shape index (κ1) is 13.2. The molecule has 0 aliphatic rings. The Kier molecular flexibility index (Phi) is 4.01. The van der Waals surface area contributed by atoms with Gasteiger partial charge in [-0.3, -0.25) is 0 Å². The van der Waals surface area contributed by atoms with Gasteiger partial charge < -0.3 is 8.85 Å². The number of hydrogen-bond donors (Lipinski definition) is 0. The number of rotatable bonds is 2. The van der Waals surface area contributed by atoms with Crippen LogP contribution in [-0.2, 0) is 8.85 Å².